The van der Waals surface area contributed by atoms with E-state index in [0.29, 0.717) is 0 Å². The van der Waals surface area contributed by atoms with Gasteiger partial charge in [0.05, 0.1) is 0 Å². The first-order chi connectivity index (χ1) is 3.18. The molecule has 0 aliphatic carbocycles. The Balaban J connectivity index is 3.14. The van der Waals surface area contributed by atoms with Gasteiger partial charge in [0, 0.05) is 0 Å². The standard InChI is InChI=1S/C5H9F2/c1-3-5(7)4(2)6/h4H,3H2,1-2H3. The van der Waals surface area contributed by atoms with Gasteiger partial charge in [0.15, 0.2) is 6.17 Å². The third-order valence-electron chi connectivity index (χ3n) is 0.769. The van der Waals surface area contributed by atoms with E-state index in [0.717, 1.165) is 0 Å². The molecule has 0 aliphatic rings. The van der Waals surface area contributed by atoms with Gasteiger partial charge in [-0.1, -0.05) is 6.92 Å². The number of halogens is 2. The summed E-state index contributed by atoms with van der Waals surface area (Å²) in [5.41, 5.74) is 0. The van der Waals surface area contributed by atoms with Crippen molar-refractivity contribution in [3.05, 3.63) is 6.17 Å². The minimum absolute atomic E-state index is 0.192. The quantitative estimate of drug-likeness (QED) is 0.507. The second kappa shape index (κ2) is 2.94. The second-order valence-corrected chi connectivity index (χ2v) is 1.42. The maximum Gasteiger partial charge on any atom is 0.177 e. The first-order valence-corrected chi connectivity index (χ1v) is 2.33. The lowest BCUT2D eigenvalue weighted by Gasteiger charge is -2.00. The van der Waals surface area contributed by atoms with Crippen LogP contribution in [0, 0.1) is 6.17 Å². The van der Waals surface area contributed by atoms with E-state index >= 15 is 0 Å². The van der Waals surface area contributed by atoms with Crippen molar-refractivity contribution in [2.45, 2.75) is 26.4 Å². The van der Waals surface area contributed by atoms with Crippen LogP contribution in [-0.4, -0.2) is 6.17 Å². The van der Waals surface area contributed by atoms with Gasteiger partial charge in [-0.3, -0.25) is 0 Å². The summed E-state index contributed by atoms with van der Waals surface area (Å²) >= 11 is 0. The summed E-state index contributed by atoms with van der Waals surface area (Å²) in [7, 11) is 0. The zero-order valence-electron chi connectivity index (χ0n) is 4.54. The highest BCUT2D eigenvalue weighted by Crippen LogP contribution is 2.14. The van der Waals surface area contributed by atoms with Crippen molar-refractivity contribution in [1.82, 2.24) is 0 Å². The van der Waals surface area contributed by atoms with Crippen LogP contribution in [0.4, 0.5) is 8.78 Å². The van der Waals surface area contributed by atoms with Gasteiger partial charge >= 0.3 is 0 Å². The van der Waals surface area contributed by atoms with Gasteiger partial charge < -0.3 is 0 Å². The van der Waals surface area contributed by atoms with Crippen molar-refractivity contribution in [3.8, 4) is 0 Å². The average Bonchev–Trinajstić information content (AvgIpc) is 1.65. The van der Waals surface area contributed by atoms with E-state index in [1.165, 1.54) is 6.92 Å². The Morgan fingerprint density at radius 3 is 2.14 bits per heavy atom. The third kappa shape index (κ3) is 2.54. The molecule has 0 rings (SSSR count). The molecule has 0 aromatic carbocycles. The molecule has 0 aromatic rings. The molecule has 7 heavy (non-hydrogen) atoms. The van der Waals surface area contributed by atoms with Crippen LogP contribution in [0.5, 0.6) is 0 Å². The summed E-state index contributed by atoms with van der Waals surface area (Å²) < 4.78 is 23.5. The molecule has 0 aromatic heterocycles. The summed E-state index contributed by atoms with van der Waals surface area (Å²) in [6.07, 6.45) is -1.76. The van der Waals surface area contributed by atoms with Crippen LogP contribution in [0.2, 0.25) is 0 Å². The highest BCUT2D eigenvalue weighted by atomic mass is 19.2. The highest BCUT2D eigenvalue weighted by Gasteiger charge is 2.12. The van der Waals surface area contributed by atoms with Crippen LogP contribution in [0.1, 0.15) is 20.3 Å². The Labute approximate surface area is 42.5 Å². The predicted molar refractivity (Wildman–Crippen MR) is 25.2 cm³/mol. The van der Waals surface area contributed by atoms with Crippen LogP contribution in [-0.2, 0) is 0 Å². The minimum atomic E-state index is -1.38. The van der Waals surface area contributed by atoms with E-state index < -0.39 is 12.3 Å². The summed E-state index contributed by atoms with van der Waals surface area (Å²) in [4.78, 5) is 0. The molecule has 0 aliphatic heterocycles. The SMILES string of the molecule is CC[C](F)C(C)F. The van der Waals surface area contributed by atoms with Gasteiger partial charge in [0.25, 0.3) is 0 Å². The minimum Gasteiger partial charge on any atom is -0.244 e. The molecular formula is C5H9F2. The molecule has 0 bridgehead atoms. The number of alkyl halides is 1. The molecule has 0 nitrogen and oxygen atoms in total. The Morgan fingerprint density at radius 1 is 1.71 bits per heavy atom. The highest BCUT2D eigenvalue weighted by molar-refractivity contribution is 4.80. The molecule has 0 saturated heterocycles. The molecule has 43 valence electrons. The third-order valence-corrected chi connectivity index (χ3v) is 0.769. The van der Waals surface area contributed by atoms with Crippen LogP contribution < -0.4 is 0 Å². The predicted octanol–water partition coefficient (Wildman–Crippen LogP) is 2.26. The lowest BCUT2D eigenvalue weighted by atomic mass is 10.2. The summed E-state index contributed by atoms with van der Waals surface area (Å²) in [5, 5.41) is 0. The van der Waals surface area contributed by atoms with Gasteiger partial charge in [0.1, 0.15) is 6.17 Å². The van der Waals surface area contributed by atoms with Gasteiger partial charge in [-0.05, 0) is 13.3 Å². The van der Waals surface area contributed by atoms with E-state index in [1.807, 2.05) is 0 Å². The second-order valence-electron chi connectivity index (χ2n) is 1.42. The Bertz CT molecular complexity index is 43.3. The van der Waals surface area contributed by atoms with E-state index in [-0.39, 0.29) is 6.42 Å². The molecular weight excluding hydrogens is 98.1 g/mol. The summed E-state index contributed by atoms with van der Waals surface area (Å²) in [6.45, 7) is 2.78. The number of hydrogen-bond donors (Lipinski definition) is 0. The largest absolute Gasteiger partial charge is 0.244 e. The molecule has 1 radical (unpaired) electrons. The molecule has 0 saturated carbocycles. The van der Waals surface area contributed by atoms with Gasteiger partial charge in [-0.25, -0.2) is 8.78 Å². The van der Waals surface area contributed by atoms with Crippen LogP contribution in [0.25, 0.3) is 0 Å². The van der Waals surface area contributed by atoms with Crippen molar-refractivity contribution in [1.29, 1.82) is 0 Å². The summed E-state index contributed by atoms with van der Waals surface area (Å²) in [6, 6.07) is 0. The topological polar surface area (TPSA) is 0 Å². The smallest absolute Gasteiger partial charge is 0.177 e. The van der Waals surface area contributed by atoms with E-state index in [1.54, 1.807) is 6.92 Å². The number of rotatable bonds is 2. The van der Waals surface area contributed by atoms with Crippen molar-refractivity contribution >= 4 is 0 Å². The fourth-order valence-electron chi connectivity index (χ4n) is 0.281. The Hall–Kier alpha value is -0.140. The van der Waals surface area contributed by atoms with E-state index in [9.17, 15) is 8.78 Å². The van der Waals surface area contributed by atoms with Crippen molar-refractivity contribution < 1.29 is 8.78 Å². The first kappa shape index (κ1) is 6.86. The van der Waals surface area contributed by atoms with Crippen molar-refractivity contribution in [3.63, 3.8) is 0 Å². The van der Waals surface area contributed by atoms with Gasteiger partial charge in [-0.15, -0.1) is 0 Å². The molecule has 0 spiro atoms. The van der Waals surface area contributed by atoms with Gasteiger partial charge in [0.2, 0.25) is 0 Å². The van der Waals surface area contributed by atoms with Crippen LogP contribution >= 0.6 is 0 Å². The van der Waals surface area contributed by atoms with Crippen molar-refractivity contribution in [2.75, 3.05) is 0 Å². The average molecular weight is 107 g/mol. The molecule has 1 unspecified atom stereocenters. The zero-order valence-corrected chi connectivity index (χ0v) is 4.54. The molecule has 0 amide bonds. The maximum atomic E-state index is 11.8. The maximum absolute atomic E-state index is 11.8. The molecule has 2 heteroatoms. The molecule has 0 fully saturated rings. The van der Waals surface area contributed by atoms with Crippen LogP contribution in [0.15, 0.2) is 0 Å². The zero-order chi connectivity index (χ0) is 5.86. The Morgan fingerprint density at radius 2 is 2.14 bits per heavy atom. The van der Waals surface area contributed by atoms with E-state index in [4.69, 9.17) is 0 Å². The summed E-state index contributed by atoms with van der Waals surface area (Å²) in [5.74, 6) is 0. The van der Waals surface area contributed by atoms with E-state index in [2.05, 4.69) is 0 Å². The molecule has 0 heterocycles. The van der Waals surface area contributed by atoms with Crippen LogP contribution in [0.3, 0.4) is 0 Å². The fourth-order valence-corrected chi connectivity index (χ4v) is 0.281. The number of hydrogen-bond acceptors (Lipinski definition) is 0. The normalized spacial score (nSPS) is 15.0. The molecule has 1 atom stereocenters. The molecule has 0 N–H and O–H groups in total. The fraction of sp³-hybridized carbons (Fsp3) is 0.800. The first-order valence-electron chi connectivity index (χ1n) is 2.33. The van der Waals surface area contributed by atoms with Gasteiger partial charge in [-0.2, -0.15) is 0 Å². The van der Waals surface area contributed by atoms with Crippen molar-refractivity contribution in [2.24, 2.45) is 0 Å². The monoisotopic (exact) mass is 107 g/mol. The lowest BCUT2D eigenvalue weighted by molar-refractivity contribution is 0.271. The lowest BCUT2D eigenvalue weighted by Crippen LogP contribution is -2.01. The Kier molecular flexibility index (Phi) is 2.88.